The zero-order valence-corrected chi connectivity index (χ0v) is 24.5. The molecule has 0 bridgehead atoms. The number of nitrogens with zero attached hydrogens (tertiary/aromatic N) is 1. The molecule has 11 heteroatoms. The summed E-state index contributed by atoms with van der Waals surface area (Å²) in [4.78, 5) is 67.0. The van der Waals surface area contributed by atoms with E-state index >= 15 is 0 Å². The highest BCUT2D eigenvalue weighted by Gasteiger charge is 2.59. The summed E-state index contributed by atoms with van der Waals surface area (Å²) in [5.74, 6) is -8.39. The number of carbonyl (C=O) groups is 5. The van der Waals surface area contributed by atoms with E-state index in [9.17, 15) is 44.4 Å². The van der Waals surface area contributed by atoms with E-state index in [2.05, 4.69) is 0 Å². The number of allylic oxidation sites excluding steroid dienone is 2. The van der Waals surface area contributed by atoms with E-state index in [4.69, 9.17) is 5.73 Å². The molecule has 0 spiro atoms. The van der Waals surface area contributed by atoms with Crippen molar-refractivity contribution >= 4 is 29.3 Å². The molecular weight excluding hydrogens is 592 g/mol. The molecule has 0 saturated carbocycles. The number of hydrogen-bond donors (Lipinski definition) is 5. The van der Waals surface area contributed by atoms with Crippen LogP contribution in [0, 0.1) is 18.8 Å². The Balaban J connectivity index is 1.40. The summed E-state index contributed by atoms with van der Waals surface area (Å²) in [6, 6.07) is 15.4. The number of hydrogen-bond acceptors (Lipinski definition) is 9. The molecule has 3 aliphatic carbocycles. The van der Waals surface area contributed by atoms with Gasteiger partial charge in [-0.05, 0) is 60.6 Å². The number of imide groups is 1. The minimum absolute atomic E-state index is 0.00622. The van der Waals surface area contributed by atoms with Crippen molar-refractivity contribution in [2.75, 3.05) is 0 Å². The molecule has 46 heavy (non-hydrogen) atoms. The molecule has 3 aromatic carbocycles. The molecule has 232 valence electrons. The number of phenolic OH excluding ortho intramolecular Hbond substituents is 1. The van der Waals surface area contributed by atoms with E-state index in [0.29, 0.717) is 16.7 Å². The van der Waals surface area contributed by atoms with Crippen LogP contribution in [-0.2, 0) is 22.6 Å². The molecule has 1 heterocycles. The number of nitrogens with two attached hydrogens (primary N) is 1. The minimum atomic E-state index is -2.69. The van der Waals surface area contributed by atoms with Gasteiger partial charge in [-0.2, -0.15) is 0 Å². The quantitative estimate of drug-likeness (QED) is 0.215. The van der Waals surface area contributed by atoms with E-state index in [-0.39, 0.29) is 53.6 Å². The fourth-order valence-corrected chi connectivity index (χ4v) is 7.49. The first-order valence-corrected chi connectivity index (χ1v) is 14.7. The fourth-order valence-electron chi connectivity index (χ4n) is 7.49. The number of aliphatic hydroxyl groups is 3. The Kier molecular flexibility index (Phi) is 6.33. The van der Waals surface area contributed by atoms with Crippen LogP contribution in [0.4, 0.5) is 0 Å². The number of carbonyl (C=O) groups excluding carboxylic acids is 5. The third-order valence-corrected chi connectivity index (χ3v) is 9.68. The number of Topliss-reactive ketones (excluding diaryl/α,β-unsaturated/α-hetero) is 2. The maximum absolute atomic E-state index is 14.3. The molecule has 11 nitrogen and oxygen atoms in total. The van der Waals surface area contributed by atoms with Crippen LogP contribution >= 0.6 is 0 Å². The first-order valence-electron chi connectivity index (χ1n) is 14.7. The smallest absolute Gasteiger partial charge is 0.261 e. The van der Waals surface area contributed by atoms with Crippen LogP contribution < -0.4 is 5.73 Å². The lowest BCUT2D eigenvalue weighted by molar-refractivity contribution is -0.144. The van der Waals surface area contributed by atoms with Gasteiger partial charge in [0.1, 0.15) is 22.8 Å². The second-order valence-corrected chi connectivity index (χ2v) is 12.3. The van der Waals surface area contributed by atoms with Crippen molar-refractivity contribution in [3.05, 3.63) is 111 Å². The number of phenols is 1. The topological polar surface area (TPSA) is 196 Å². The molecule has 0 aromatic heterocycles. The molecule has 0 saturated heterocycles. The van der Waals surface area contributed by atoms with Gasteiger partial charge < -0.3 is 26.2 Å². The van der Waals surface area contributed by atoms with Gasteiger partial charge in [-0.15, -0.1) is 0 Å². The molecule has 0 radical (unpaired) electrons. The van der Waals surface area contributed by atoms with Crippen LogP contribution in [0.3, 0.4) is 0 Å². The Labute approximate surface area is 261 Å². The van der Waals surface area contributed by atoms with Crippen LogP contribution in [0.5, 0.6) is 5.75 Å². The first-order chi connectivity index (χ1) is 21.8. The Hall–Kier alpha value is -5.55. The normalized spacial score (nSPS) is 23.7. The Morgan fingerprint density at radius 1 is 0.935 bits per heavy atom. The number of rotatable bonds is 4. The van der Waals surface area contributed by atoms with Gasteiger partial charge >= 0.3 is 0 Å². The molecular formula is C35H28N2O9. The Morgan fingerprint density at radius 2 is 1.61 bits per heavy atom. The average Bonchev–Trinajstić information content (AvgIpc) is 3.24. The summed E-state index contributed by atoms with van der Waals surface area (Å²) in [5.41, 5.74) is 4.43. The van der Waals surface area contributed by atoms with Crippen LogP contribution in [0.1, 0.15) is 60.6 Å². The number of amides is 3. The highest BCUT2D eigenvalue weighted by atomic mass is 16.3. The zero-order chi connectivity index (χ0) is 32.8. The molecule has 3 aromatic rings. The lowest BCUT2D eigenvalue weighted by Crippen LogP contribution is -2.57. The van der Waals surface area contributed by atoms with Crippen LogP contribution in [0.25, 0.3) is 11.1 Å². The molecule has 3 amide bonds. The van der Waals surface area contributed by atoms with Crippen molar-refractivity contribution in [1.29, 1.82) is 0 Å². The summed E-state index contributed by atoms with van der Waals surface area (Å²) in [6.45, 7) is 1.53. The number of aromatic hydroxyl groups is 1. The monoisotopic (exact) mass is 620 g/mol. The standard InChI is InChI=1S/C35H28N2O9/c1-15-5-4-6-16(9-15)22-12-18(14-37-33(44)20-7-2-3-8-21(20)34(37)45)28(39)26-23(22)11-17-10-19-13-24(38)27(32(36)43)31(42)35(19,46)30(41)25(17)29(26)40/h2-9,12,17,19,38-39,41,46H,10-11,13-14H2,1H3,(H2,36,43)/t17-,19+,35+/m1/s1. The summed E-state index contributed by atoms with van der Waals surface area (Å²) in [5, 5.41) is 45.1. The van der Waals surface area contributed by atoms with Gasteiger partial charge in [0.25, 0.3) is 17.7 Å². The zero-order valence-electron chi connectivity index (χ0n) is 24.5. The van der Waals surface area contributed by atoms with Gasteiger partial charge in [-0.25, -0.2) is 0 Å². The van der Waals surface area contributed by atoms with Gasteiger partial charge in [-0.1, -0.05) is 42.0 Å². The van der Waals surface area contributed by atoms with Gasteiger partial charge in [0, 0.05) is 23.5 Å². The predicted molar refractivity (Wildman–Crippen MR) is 162 cm³/mol. The largest absolute Gasteiger partial charge is 0.511 e. The third kappa shape index (κ3) is 3.91. The van der Waals surface area contributed by atoms with Crippen LogP contribution in [0.2, 0.25) is 0 Å². The number of benzene rings is 3. The average molecular weight is 621 g/mol. The van der Waals surface area contributed by atoms with E-state index in [1.807, 2.05) is 31.2 Å². The molecule has 7 rings (SSSR count). The number of fused-ring (bicyclic) bond motifs is 4. The summed E-state index contributed by atoms with van der Waals surface area (Å²) in [7, 11) is 0. The van der Waals surface area contributed by atoms with Crippen LogP contribution in [0.15, 0.2) is 77.3 Å². The van der Waals surface area contributed by atoms with E-state index in [0.717, 1.165) is 10.5 Å². The number of aryl methyl sites for hydroxylation is 1. The molecule has 0 unspecified atom stereocenters. The molecule has 0 fully saturated rings. The summed E-state index contributed by atoms with van der Waals surface area (Å²) in [6.07, 6.45) is -0.225. The van der Waals surface area contributed by atoms with Crippen molar-refractivity contribution in [1.82, 2.24) is 4.90 Å². The Morgan fingerprint density at radius 3 is 2.24 bits per heavy atom. The number of aliphatic hydroxyl groups excluding tert-OH is 2. The van der Waals surface area contributed by atoms with E-state index in [1.165, 1.54) is 12.1 Å². The minimum Gasteiger partial charge on any atom is -0.511 e. The maximum atomic E-state index is 14.3. The molecule has 6 N–H and O–H groups in total. The second kappa shape index (κ2) is 9.98. The van der Waals surface area contributed by atoms with Crippen LogP contribution in [-0.4, -0.2) is 60.2 Å². The van der Waals surface area contributed by atoms with Crippen molar-refractivity contribution in [3.8, 4) is 16.9 Å². The summed E-state index contributed by atoms with van der Waals surface area (Å²) < 4.78 is 0. The molecule has 4 aliphatic rings. The van der Waals surface area contributed by atoms with Crippen molar-refractivity contribution in [3.63, 3.8) is 0 Å². The number of ketones is 2. The second-order valence-electron chi connectivity index (χ2n) is 12.3. The van der Waals surface area contributed by atoms with Crippen molar-refractivity contribution in [2.45, 2.75) is 38.3 Å². The van der Waals surface area contributed by atoms with Gasteiger partial charge in [-0.3, -0.25) is 28.9 Å². The highest BCUT2D eigenvalue weighted by Crippen LogP contribution is 2.53. The summed E-state index contributed by atoms with van der Waals surface area (Å²) >= 11 is 0. The van der Waals surface area contributed by atoms with Gasteiger partial charge in [0.15, 0.2) is 11.4 Å². The van der Waals surface area contributed by atoms with E-state index in [1.54, 1.807) is 18.2 Å². The van der Waals surface area contributed by atoms with Gasteiger partial charge in [0.2, 0.25) is 5.78 Å². The highest BCUT2D eigenvalue weighted by molar-refractivity contribution is 6.25. The first kappa shape index (κ1) is 29.2. The maximum Gasteiger partial charge on any atom is 0.261 e. The SMILES string of the molecule is Cc1cccc(-c2cc(CN3C(=O)c4ccccc4C3=O)c(O)c3c2C[C@H]2C[C@H]4CC(O)=C(C(N)=O)C(=O)[C@@]4(O)C(O)=C2C3=O)c1. The van der Waals surface area contributed by atoms with Crippen molar-refractivity contribution < 1.29 is 44.4 Å². The lowest BCUT2D eigenvalue weighted by atomic mass is 9.60. The fraction of sp³-hybridized carbons (Fsp3) is 0.229. The van der Waals surface area contributed by atoms with Gasteiger partial charge in [0.05, 0.1) is 23.2 Å². The molecule has 3 atom stereocenters. The van der Waals surface area contributed by atoms with Crippen molar-refractivity contribution in [2.24, 2.45) is 17.6 Å². The van der Waals surface area contributed by atoms with E-state index < -0.39 is 69.6 Å². The predicted octanol–water partition coefficient (Wildman–Crippen LogP) is 3.35. The Bertz CT molecular complexity index is 2010. The lowest BCUT2D eigenvalue weighted by Gasteiger charge is -2.45. The number of primary amides is 1. The molecule has 1 aliphatic heterocycles. The third-order valence-electron chi connectivity index (χ3n) is 9.68.